The number of rotatable bonds is 7. The number of nitrogens with zero attached hydrogens (tertiary/aromatic N) is 4. The zero-order valence-corrected chi connectivity index (χ0v) is 16.7. The van der Waals surface area contributed by atoms with E-state index in [1.165, 1.54) is 11.6 Å². The van der Waals surface area contributed by atoms with E-state index in [4.69, 9.17) is 0 Å². The highest BCUT2D eigenvalue weighted by molar-refractivity contribution is 8.00. The summed E-state index contributed by atoms with van der Waals surface area (Å²) < 4.78 is 4.05. The van der Waals surface area contributed by atoms with Crippen LogP contribution in [0.3, 0.4) is 0 Å². The molecule has 28 heavy (non-hydrogen) atoms. The number of benzene rings is 1. The monoisotopic (exact) mass is 401 g/mol. The second-order valence-electron chi connectivity index (χ2n) is 6.49. The third-order valence-electron chi connectivity index (χ3n) is 4.66. The number of aromatic nitrogens is 4. The molecule has 9 heteroatoms. The smallest absolute Gasteiger partial charge is 0.332 e. The number of fused-ring (bicyclic) bond motifs is 1. The van der Waals surface area contributed by atoms with Gasteiger partial charge in [-0.3, -0.25) is 13.9 Å². The summed E-state index contributed by atoms with van der Waals surface area (Å²) in [4.78, 5) is 40.9. The van der Waals surface area contributed by atoms with E-state index in [2.05, 4.69) is 4.98 Å². The highest BCUT2D eigenvalue weighted by Gasteiger charge is 2.22. The maximum Gasteiger partial charge on any atom is 0.332 e. The molecule has 0 aliphatic carbocycles. The Morgan fingerprint density at radius 1 is 1.18 bits per heavy atom. The summed E-state index contributed by atoms with van der Waals surface area (Å²) in [5.74, 6) is -1.18. The van der Waals surface area contributed by atoms with Crippen LogP contribution in [-0.2, 0) is 31.9 Å². The quantitative estimate of drug-likeness (QED) is 0.528. The molecule has 2 heterocycles. The average molecular weight is 401 g/mol. The van der Waals surface area contributed by atoms with Crippen molar-refractivity contribution in [3.8, 4) is 0 Å². The number of carbonyl (C=O) groups is 1. The summed E-state index contributed by atoms with van der Waals surface area (Å²) in [5, 5.41) is 11.0. The van der Waals surface area contributed by atoms with Crippen LogP contribution in [0.1, 0.15) is 18.9 Å². The lowest BCUT2D eigenvalue weighted by Crippen LogP contribution is -2.37. The fraction of sp³-hybridized carbons (Fsp3) is 0.368. The summed E-state index contributed by atoms with van der Waals surface area (Å²) in [6.07, 6.45) is 0.986. The van der Waals surface area contributed by atoms with Crippen LogP contribution >= 0.6 is 11.8 Å². The second-order valence-corrected chi connectivity index (χ2v) is 7.66. The van der Waals surface area contributed by atoms with Crippen molar-refractivity contribution in [1.82, 2.24) is 18.7 Å². The van der Waals surface area contributed by atoms with Crippen LogP contribution in [0.25, 0.3) is 11.2 Å². The van der Waals surface area contributed by atoms with Gasteiger partial charge in [0, 0.05) is 20.6 Å². The molecule has 0 saturated carbocycles. The van der Waals surface area contributed by atoms with Crippen LogP contribution < -0.4 is 16.4 Å². The molecule has 2 aromatic heterocycles. The number of carbonyl (C=O) groups excluding carboxylic acids is 1. The number of hydrogen-bond donors (Lipinski definition) is 0. The standard InChI is InChI=1S/C19H22N4O4S/c1-4-13(17(25)26)28-18-20-15-14(16(24)22(3)19(27)21(15)2)23(18)11-10-12-8-6-5-7-9-12/h5-9,13H,4,10-11H2,1-3H3,(H,25,26)/p-1/t13-/m0/s1. The average Bonchev–Trinajstić information content (AvgIpc) is 3.06. The topological polar surface area (TPSA) is 102 Å². The molecule has 1 atom stereocenters. The van der Waals surface area contributed by atoms with Crippen molar-refractivity contribution in [3.05, 3.63) is 56.7 Å². The van der Waals surface area contributed by atoms with Gasteiger partial charge in [-0.1, -0.05) is 49.0 Å². The van der Waals surface area contributed by atoms with Crippen molar-refractivity contribution in [2.45, 2.75) is 36.7 Å². The number of aliphatic carboxylic acids is 1. The second kappa shape index (κ2) is 8.05. The van der Waals surface area contributed by atoms with E-state index in [0.29, 0.717) is 24.5 Å². The SMILES string of the molecule is CC[C@H](Sc1nc2c(c(=O)n(C)c(=O)n2C)n1CCc1ccccc1)C(=O)[O-]. The predicted molar refractivity (Wildman–Crippen MR) is 105 cm³/mol. The number of thioether (sulfide) groups is 1. The summed E-state index contributed by atoms with van der Waals surface area (Å²) in [6, 6.07) is 9.76. The van der Waals surface area contributed by atoms with Crippen molar-refractivity contribution in [3.63, 3.8) is 0 Å². The maximum absolute atomic E-state index is 12.8. The van der Waals surface area contributed by atoms with Gasteiger partial charge in [-0.05, 0) is 18.4 Å². The summed E-state index contributed by atoms with van der Waals surface area (Å²) in [6.45, 7) is 2.18. The minimum atomic E-state index is -1.18. The van der Waals surface area contributed by atoms with Gasteiger partial charge in [0.2, 0.25) is 0 Å². The third-order valence-corrected chi connectivity index (χ3v) is 5.99. The Kier molecular flexibility index (Phi) is 5.73. The first-order valence-corrected chi connectivity index (χ1v) is 9.80. The number of carboxylic acids is 1. The van der Waals surface area contributed by atoms with Gasteiger partial charge >= 0.3 is 5.69 Å². The van der Waals surface area contributed by atoms with Gasteiger partial charge in [-0.15, -0.1) is 0 Å². The molecule has 0 unspecified atom stereocenters. The van der Waals surface area contributed by atoms with E-state index < -0.39 is 22.5 Å². The Hall–Kier alpha value is -2.81. The lowest BCUT2D eigenvalue weighted by Gasteiger charge is -2.16. The van der Waals surface area contributed by atoms with E-state index >= 15 is 0 Å². The Morgan fingerprint density at radius 2 is 1.86 bits per heavy atom. The first-order chi connectivity index (χ1) is 13.3. The van der Waals surface area contributed by atoms with E-state index in [-0.39, 0.29) is 11.2 Å². The first kappa shape index (κ1) is 19.9. The van der Waals surface area contributed by atoms with Gasteiger partial charge in [-0.25, -0.2) is 9.78 Å². The zero-order valence-electron chi connectivity index (χ0n) is 15.9. The molecule has 0 amide bonds. The molecule has 0 radical (unpaired) electrons. The third kappa shape index (κ3) is 3.62. The molecule has 0 fully saturated rings. The van der Waals surface area contributed by atoms with Gasteiger partial charge in [-0.2, -0.15) is 0 Å². The van der Waals surface area contributed by atoms with Gasteiger partial charge < -0.3 is 14.5 Å². The molecule has 0 aliphatic rings. The molecular weight excluding hydrogens is 380 g/mol. The number of imidazole rings is 1. The minimum absolute atomic E-state index is 0.247. The van der Waals surface area contributed by atoms with Gasteiger partial charge in [0.25, 0.3) is 5.56 Å². The number of carboxylic acid groups (broad SMARTS) is 1. The van der Waals surface area contributed by atoms with Crippen LogP contribution in [0.5, 0.6) is 0 Å². The van der Waals surface area contributed by atoms with Crippen molar-refractivity contribution >= 4 is 28.9 Å². The molecule has 3 rings (SSSR count). The number of aryl methyl sites for hydroxylation is 3. The Labute approximate surface area is 165 Å². The van der Waals surface area contributed by atoms with Crippen molar-refractivity contribution in [2.24, 2.45) is 14.1 Å². The Balaban J connectivity index is 2.16. The fourth-order valence-electron chi connectivity index (χ4n) is 3.03. The molecule has 1 aromatic carbocycles. The molecule has 0 spiro atoms. The Bertz CT molecular complexity index is 1130. The van der Waals surface area contributed by atoms with Crippen LogP contribution in [0.15, 0.2) is 45.1 Å². The lowest BCUT2D eigenvalue weighted by atomic mass is 10.1. The summed E-state index contributed by atoms with van der Waals surface area (Å²) >= 11 is 1.04. The summed E-state index contributed by atoms with van der Waals surface area (Å²) in [5.41, 5.74) is 0.683. The van der Waals surface area contributed by atoms with Crippen LogP contribution in [-0.4, -0.2) is 29.9 Å². The van der Waals surface area contributed by atoms with E-state index in [0.717, 1.165) is 21.9 Å². The van der Waals surface area contributed by atoms with Gasteiger partial charge in [0.15, 0.2) is 16.3 Å². The fourth-order valence-corrected chi connectivity index (χ4v) is 4.00. The summed E-state index contributed by atoms with van der Waals surface area (Å²) in [7, 11) is 2.96. The van der Waals surface area contributed by atoms with Crippen LogP contribution in [0.4, 0.5) is 0 Å². The molecule has 148 valence electrons. The van der Waals surface area contributed by atoms with Gasteiger partial charge in [0.05, 0.1) is 11.2 Å². The van der Waals surface area contributed by atoms with Crippen molar-refractivity contribution < 1.29 is 9.90 Å². The zero-order chi connectivity index (χ0) is 20.4. The van der Waals surface area contributed by atoms with Crippen molar-refractivity contribution in [1.29, 1.82) is 0 Å². The lowest BCUT2D eigenvalue weighted by molar-refractivity contribution is -0.304. The predicted octanol–water partition coefficient (Wildman–Crippen LogP) is 0.297. The molecule has 0 bridgehead atoms. The van der Waals surface area contributed by atoms with Crippen molar-refractivity contribution in [2.75, 3.05) is 0 Å². The molecule has 0 aliphatic heterocycles. The Morgan fingerprint density at radius 3 is 2.46 bits per heavy atom. The molecule has 0 N–H and O–H groups in total. The first-order valence-electron chi connectivity index (χ1n) is 8.92. The maximum atomic E-state index is 12.8. The van der Waals surface area contributed by atoms with Crippen LogP contribution in [0, 0.1) is 0 Å². The number of hydrogen-bond acceptors (Lipinski definition) is 6. The van der Waals surface area contributed by atoms with E-state index in [1.54, 1.807) is 18.5 Å². The molecular formula is C19H21N4O4S-. The van der Waals surface area contributed by atoms with Crippen LogP contribution in [0.2, 0.25) is 0 Å². The highest BCUT2D eigenvalue weighted by atomic mass is 32.2. The van der Waals surface area contributed by atoms with E-state index in [9.17, 15) is 19.5 Å². The molecule has 3 aromatic rings. The molecule has 0 saturated heterocycles. The van der Waals surface area contributed by atoms with Gasteiger partial charge in [0.1, 0.15) is 0 Å². The van der Waals surface area contributed by atoms with E-state index in [1.807, 2.05) is 30.3 Å². The largest absolute Gasteiger partial charge is 0.549 e. The molecule has 8 nitrogen and oxygen atoms in total. The normalized spacial score (nSPS) is 12.4. The minimum Gasteiger partial charge on any atom is -0.549 e. The highest BCUT2D eigenvalue weighted by Crippen LogP contribution is 2.27.